The molecule has 1 aromatic rings. The van der Waals surface area contributed by atoms with Crippen molar-refractivity contribution in [1.82, 2.24) is 5.32 Å². The van der Waals surface area contributed by atoms with Crippen LogP contribution in [0.4, 0.5) is 4.79 Å². The molecule has 1 atom stereocenters. The minimum atomic E-state index is -0.958. The number of primary amides is 1. The fourth-order valence-corrected chi connectivity index (χ4v) is 2.16. The molecule has 0 bridgehead atoms. The molecule has 0 saturated carbocycles. The molecule has 0 aliphatic heterocycles. The van der Waals surface area contributed by atoms with Crippen molar-refractivity contribution in [3.05, 3.63) is 35.9 Å². The van der Waals surface area contributed by atoms with Crippen molar-refractivity contribution in [3.8, 4) is 0 Å². The molecule has 0 aliphatic carbocycles. The van der Waals surface area contributed by atoms with E-state index in [0.717, 1.165) is 5.56 Å². The summed E-state index contributed by atoms with van der Waals surface area (Å²) in [6, 6.07) is 9.02. The minimum absolute atomic E-state index is 0.356. The fourth-order valence-electron chi connectivity index (χ4n) is 1.12. The van der Waals surface area contributed by atoms with Gasteiger partial charge in [-0.15, -0.1) is 0 Å². The summed E-state index contributed by atoms with van der Waals surface area (Å²) in [7, 11) is 0. The van der Waals surface area contributed by atoms with Crippen molar-refractivity contribution in [2.75, 3.05) is 12.3 Å². The number of nitrogens with two attached hydrogens (primary N) is 1. The second-order valence-electron chi connectivity index (χ2n) is 3.06. The van der Waals surface area contributed by atoms with E-state index in [2.05, 4.69) is 5.32 Å². The monoisotopic (exact) mass is 226 g/mol. The molecule has 1 unspecified atom stereocenters. The SMILES string of the molecule is NC(=O)NCC[S+]([O-])Cc1ccccc1. The molecule has 1 aromatic carbocycles. The highest BCUT2D eigenvalue weighted by Gasteiger charge is 2.07. The Kier molecular flexibility index (Phi) is 5.00. The highest BCUT2D eigenvalue weighted by atomic mass is 32.2. The summed E-state index contributed by atoms with van der Waals surface area (Å²) in [6.45, 7) is 0.356. The van der Waals surface area contributed by atoms with Gasteiger partial charge in [0.1, 0.15) is 11.5 Å². The Labute approximate surface area is 92.0 Å². The molecular formula is C10H14N2O2S. The first-order valence-corrected chi connectivity index (χ1v) is 6.09. The number of benzene rings is 1. The smallest absolute Gasteiger partial charge is 0.312 e. The zero-order valence-corrected chi connectivity index (χ0v) is 9.13. The molecule has 1 rings (SSSR count). The van der Waals surface area contributed by atoms with Gasteiger partial charge in [0.05, 0.1) is 6.54 Å². The number of carbonyl (C=O) groups is 1. The zero-order chi connectivity index (χ0) is 11.1. The van der Waals surface area contributed by atoms with E-state index in [1.165, 1.54) is 0 Å². The molecule has 0 radical (unpaired) electrons. The van der Waals surface area contributed by atoms with Crippen LogP contribution >= 0.6 is 0 Å². The molecule has 0 heterocycles. The Hall–Kier alpha value is -1.20. The van der Waals surface area contributed by atoms with Crippen LogP contribution in [0, 0.1) is 0 Å². The maximum Gasteiger partial charge on any atom is 0.312 e. The predicted molar refractivity (Wildman–Crippen MR) is 60.7 cm³/mol. The van der Waals surface area contributed by atoms with Gasteiger partial charge in [-0.1, -0.05) is 30.3 Å². The van der Waals surface area contributed by atoms with E-state index in [4.69, 9.17) is 5.73 Å². The Morgan fingerprint density at radius 1 is 1.40 bits per heavy atom. The number of hydrogen-bond acceptors (Lipinski definition) is 2. The number of amides is 2. The third kappa shape index (κ3) is 5.29. The number of carbonyl (C=O) groups excluding carboxylic acids is 1. The van der Waals surface area contributed by atoms with Crippen LogP contribution in [0.15, 0.2) is 30.3 Å². The average Bonchev–Trinajstić information content (AvgIpc) is 2.18. The largest absolute Gasteiger partial charge is 0.616 e. The molecule has 3 N–H and O–H groups in total. The third-order valence-electron chi connectivity index (χ3n) is 1.80. The number of rotatable bonds is 5. The topological polar surface area (TPSA) is 78.2 Å². The van der Waals surface area contributed by atoms with Crippen LogP contribution < -0.4 is 11.1 Å². The van der Waals surface area contributed by atoms with Gasteiger partial charge in [0, 0.05) is 5.56 Å². The van der Waals surface area contributed by atoms with Crippen LogP contribution in [0.3, 0.4) is 0 Å². The first-order chi connectivity index (χ1) is 7.18. The average molecular weight is 226 g/mol. The van der Waals surface area contributed by atoms with Crippen molar-refractivity contribution in [1.29, 1.82) is 0 Å². The van der Waals surface area contributed by atoms with Crippen molar-refractivity contribution >= 4 is 17.2 Å². The van der Waals surface area contributed by atoms with Gasteiger partial charge >= 0.3 is 6.03 Å². The predicted octanol–water partition coefficient (Wildman–Crippen LogP) is 0.604. The van der Waals surface area contributed by atoms with Crippen molar-refractivity contribution in [2.45, 2.75) is 5.75 Å². The number of nitrogens with one attached hydrogen (secondary N) is 1. The molecule has 0 spiro atoms. The lowest BCUT2D eigenvalue weighted by molar-refractivity contribution is 0.249. The van der Waals surface area contributed by atoms with Gasteiger partial charge in [-0.3, -0.25) is 0 Å². The van der Waals surface area contributed by atoms with Crippen LogP contribution in [0.5, 0.6) is 0 Å². The van der Waals surface area contributed by atoms with Crippen LogP contribution in [0.1, 0.15) is 5.56 Å². The quantitative estimate of drug-likeness (QED) is 0.721. The van der Waals surface area contributed by atoms with Crippen LogP contribution in [0.2, 0.25) is 0 Å². The lowest BCUT2D eigenvalue weighted by Gasteiger charge is -2.10. The van der Waals surface area contributed by atoms with Gasteiger partial charge in [0.25, 0.3) is 0 Å². The van der Waals surface area contributed by atoms with Crippen molar-refractivity contribution in [2.24, 2.45) is 5.73 Å². The second-order valence-corrected chi connectivity index (χ2v) is 4.64. The normalized spacial score (nSPS) is 12.1. The second kappa shape index (κ2) is 6.31. The minimum Gasteiger partial charge on any atom is -0.616 e. The maximum absolute atomic E-state index is 11.5. The molecule has 5 heteroatoms. The van der Waals surface area contributed by atoms with Crippen LogP contribution in [0.25, 0.3) is 0 Å². The van der Waals surface area contributed by atoms with E-state index in [1.54, 1.807) is 0 Å². The zero-order valence-electron chi connectivity index (χ0n) is 8.31. The summed E-state index contributed by atoms with van der Waals surface area (Å²) in [5.74, 6) is 0.944. The van der Waals surface area contributed by atoms with E-state index in [-0.39, 0.29) is 0 Å². The lowest BCUT2D eigenvalue weighted by Crippen LogP contribution is -2.33. The Morgan fingerprint density at radius 2 is 2.07 bits per heavy atom. The molecule has 0 aromatic heterocycles. The third-order valence-corrected chi connectivity index (χ3v) is 3.11. The molecule has 0 saturated heterocycles. The first kappa shape index (κ1) is 11.9. The van der Waals surface area contributed by atoms with Crippen molar-refractivity contribution < 1.29 is 9.35 Å². The molecule has 15 heavy (non-hydrogen) atoms. The maximum atomic E-state index is 11.5. The van der Waals surface area contributed by atoms with E-state index in [9.17, 15) is 9.35 Å². The molecule has 2 amide bonds. The van der Waals surface area contributed by atoms with Gasteiger partial charge in [-0.2, -0.15) is 0 Å². The van der Waals surface area contributed by atoms with Gasteiger partial charge in [0.15, 0.2) is 0 Å². The summed E-state index contributed by atoms with van der Waals surface area (Å²) in [4.78, 5) is 10.4. The molecule has 0 fully saturated rings. The molecular weight excluding hydrogens is 212 g/mol. The summed E-state index contributed by atoms with van der Waals surface area (Å²) in [5.41, 5.74) is 5.92. The fraction of sp³-hybridized carbons (Fsp3) is 0.300. The Bertz CT molecular complexity index is 306. The highest BCUT2D eigenvalue weighted by Crippen LogP contribution is 2.05. The number of urea groups is 1. The van der Waals surface area contributed by atoms with Gasteiger partial charge in [0.2, 0.25) is 0 Å². The first-order valence-electron chi connectivity index (χ1n) is 4.60. The van der Waals surface area contributed by atoms with E-state index in [0.29, 0.717) is 18.1 Å². The molecule has 0 aliphatic rings. The van der Waals surface area contributed by atoms with Crippen molar-refractivity contribution in [3.63, 3.8) is 0 Å². The van der Waals surface area contributed by atoms with Gasteiger partial charge in [-0.05, 0) is 11.2 Å². The highest BCUT2D eigenvalue weighted by molar-refractivity contribution is 7.90. The number of hydrogen-bond donors (Lipinski definition) is 2. The van der Waals surface area contributed by atoms with Crippen LogP contribution in [-0.4, -0.2) is 22.9 Å². The summed E-state index contributed by atoms with van der Waals surface area (Å²) in [6.07, 6.45) is 0. The molecule has 82 valence electrons. The summed E-state index contributed by atoms with van der Waals surface area (Å²) in [5, 5.41) is 2.41. The van der Waals surface area contributed by atoms with E-state index < -0.39 is 17.2 Å². The summed E-state index contributed by atoms with van der Waals surface area (Å²) < 4.78 is 11.5. The lowest BCUT2D eigenvalue weighted by atomic mass is 10.2. The Morgan fingerprint density at radius 3 is 2.67 bits per heavy atom. The standard InChI is InChI=1S/C10H14N2O2S/c11-10(13)12-6-7-15(14)8-9-4-2-1-3-5-9/h1-5H,6-8H2,(H3,11,12,13). The van der Waals surface area contributed by atoms with E-state index >= 15 is 0 Å². The van der Waals surface area contributed by atoms with Gasteiger partial charge in [-0.25, -0.2) is 4.79 Å². The summed E-state index contributed by atoms with van der Waals surface area (Å²) >= 11 is -0.958. The van der Waals surface area contributed by atoms with E-state index in [1.807, 2.05) is 30.3 Å². The van der Waals surface area contributed by atoms with Crippen LogP contribution in [-0.2, 0) is 16.9 Å². The van der Waals surface area contributed by atoms with Gasteiger partial charge < -0.3 is 15.6 Å². The Balaban J connectivity index is 2.24. The molecule has 4 nitrogen and oxygen atoms in total.